The van der Waals surface area contributed by atoms with E-state index in [0.29, 0.717) is 18.2 Å². The fourth-order valence-corrected chi connectivity index (χ4v) is 2.38. The van der Waals surface area contributed by atoms with Crippen LogP contribution in [0.15, 0.2) is 4.99 Å². The van der Waals surface area contributed by atoms with Crippen LogP contribution >= 0.6 is 0 Å². The van der Waals surface area contributed by atoms with Crippen molar-refractivity contribution < 1.29 is 4.74 Å². The monoisotopic (exact) mass is 270 g/mol. The Morgan fingerprint density at radius 1 is 1.32 bits per heavy atom. The van der Waals surface area contributed by atoms with Gasteiger partial charge in [0.15, 0.2) is 5.96 Å². The highest BCUT2D eigenvalue weighted by atomic mass is 16.5. The fourth-order valence-electron chi connectivity index (χ4n) is 2.38. The van der Waals surface area contributed by atoms with Gasteiger partial charge in [-0.2, -0.15) is 0 Å². The summed E-state index contributed by atoms with van der Waals surface area (Å²) in [7, 11) is 0. The molecule has 1 heterocycles. The predicted octanol–water partition coefficient (Wildman–Crippen LogP) is 1.19. The summed E-state index contributed by atoms with van der Waals surface area (Å²) in [5.74, 6) is 0.538. The van der Waals surface area contributed by atoms with Crippen LogP contribution in [0.5, 0.6) is 0 Å². The molecule has 0 aromatic rings. The van der Waals surface area contributed by atoms with E-state index in [0.717, 1.165) is 32.6 Å². The molecular formula is C14H30N4O. The summed E-state index contributed by atoms with van der Waals surface area (Å²) in [5, 5.41) is 3.17. The highest BCUT2D eigenvalue weighted by Crippen LogP contribution is 2.10. The van der Waals surface area contributed by atoms with Crippen molar-refractivity contribution in [2.75, 3.05) is 26.2 Å². The number of nitrogens with one attached hydrogen (secondary N) is 1. The second kappa shape index (κ2) is 7.10. The Balaban J connectivity index is 2.21. The zero-order valence-corrected chi connectivity index (χ0v) is 13.1. The van der Waals surface area contributed by atoms with Crippen LogP contribution in [-0.4, -0.2) is 54.8 Å². The molecule has 0 radical (unpaired) electrons. The van der Waals surface area contributed by atoms with Crippen molar-refractivity contribution in [1.29, 1.82) is 0 Å². The summed E-state index contributed by atoms with van der Waals surface area (Å²) in [4.78, 5) is 6.80. The van der Waals surface area contributed by atoms with Crippen molar-refractivity contribution in [1.82, 2.24) is 10.2 Å². The molecule has 2 unspecified atom stereocenters. The third-order valence-corrected chi connectivity index (χ3v) is 2.91. The van der Waals surface area contributed by atoms with E-state index >= 15 is 0 Å². The lowest BCUT2D eigenvalue weighted by molar-refractivity contribution is -0.0679. The zero-order valence-electron chi connectivity index (χ0n) is 13.1. The topological polar surface area (TPSA) is 62.9 Å². The molecule has 3 N–H and O–H groups in total. The lowest BCUT2D eigenvalue weighted by Gasteiger charge is -2.35. The molecule has 0 saturated carbocycles. The molecule has 1 aliphatic heterocycles. The van der Waals surface area contributed by atoms with Gasteiger partial charge in [-0.05, 0) is 41.0 Å². The third kappa shape index (κ3) is 7.38. The minimum atomic E-state index is -0.0251. The van der Waals surface area contributed by atoms with Gasteiger partial charge in [0.25, 0.3) is 0 Å². The molecular weight excluding hydrogens is 240 g/mol. The first kappa shape index (κ1) is 16.2. The van der Waals surface area contributed by atoms with E-state index in [1.807, 2.05) is 0 Å². The van der Waals surface area contributed by atoms with Gasteiger partial charge in [-0.3, -0.25) is 9.89 Å². The quantitative estimate of drug-likeness (QED) is 0.457. The minimum absolute atomic E-state index is 0.0251. The fraction of sp³-hybridized carbons (Fsp3) is 0.929. The lowest BCUT2D eigenvalue weighted by atomic mass is 10.1. The lowest BCUT2D eigenvalue weighted by Crippen LogP contribution is -2.46. The summed E-state index contributed by atoms with van der Waals surface area (Å²) in [5.41, 5.74) is 5.80. The first-order valence-corrected chi connectivity index (χ1v) is 7.22. The number of hydrogen-bond donors (Lipinski definition) is 2. The molecule has 0 spiro atoms. The van der Waals surface area contributed by atoms with E-state index in [4.69, 9.17) is 10.5 Å². The van der Waals surface area contributed by atoms with Gasteiger partial charge in [0.05, 0.1) is 12.2 Å². The third-order valence-electron chi connectivity index (χ3n) is 2.91. The Labute approximate surface area is 117 Å². The van der Waals surface area contributed by atoms with Crippen molar-refractivity contribution in [2.24, 2.45) is 10.7 Å². The summed E-state index contributed by atoms with van der Waals surface area (Å²) >= 11 is 0. The van der Waals surface area contributed by atoms with E-state index in [-0.39, 0.29) is 5.54 Å². The van der Waals surface area contributed by atoms with Crippen LogP contribution in [0.25, 0.3) is 0 Å². The number of nitrogens with two attached hydrogens (primary N) is 1. The van der Waals surface area contributed by atoms with E-state index in [9.17, 15) is 0 Å². The molecule has 0 bridgehead atoms. The first-order chi connectivity index (χ1) is 8.76. The highest BCUT2D eigenvalue weighted by Gasteiger charge is 2.21. The van der Waals surface area contributed by atoms with Crippen LogP contribution < -0.4 is 11.1 Å². The summed E-state index contributed by atoms with van der Waals surface area (Å²) in [6, 6.07) is 0. The van der Waals surface area contributed by atoms with Crippen molar-refractivity contribution in [2.45, 2.75) is 58.8 Å². The van der Waals surface area contributed by atoms with E-state index in [1.54, 1.807) is 0 Å². The van der Waals surface area contributed by atoms with Crippen molar-refractivity contribution in [3.05, 3.63) is 0 Å². The molecule has 1 fully saturated rings. The van der Waals surface area contributed by atoms with Gasteiger partial charge in [0.2, 0.25) is 0 Å². The normalized spacial score (nSPS) is 26.5. The second-order valence-corrected chi connectivity index (χ2v) is 6.51. The Morgan fingerprint density at radius 2 is 1.89 bits per heavy atom. The summed E-state index contributed by atoms with van der Waals surface area (Å²) in [6.45, 7) is 14.4. The smallest absolute Gasteiger partial charge is 0.188 e. The number of rotatable bonds is 4. The van der Waals surface area contributed by atoms with E-state index in [2.05, 4.69) is 49.8 Å². The van der Waals surface area contributed by atoms with Crippen LogP contribution in [0.1, 0.15) is 41.0 Å². The summed E-state index contributed by atoms with van der Waals surface area (Å²) < 4.78 is 5.72. The van der Waals surface area contributed by atoms with Gasteiger partial charge in [-0.25, -0.2) is 0 Å². The number of ether oxygens (including phenoxy) is 1. The molecule has 2 atom stereocenters. The summed E-state index contributed by atoms with van der Waals surface area (Å²) in [6.07, 6.45) is 1.70. The minimum Gasteiger partial charge on any atom is -0.373 e. The maximum absolute atomic E-state index is 5.83. The Hall–Kier alpha value is -0.810. The van der Waals surface area contributed by atoms with Gasteiger partial charge in [-0.1, -0.05) is 0 Å². The van der Waals surface area contributed by atoms with Crippen LogP contribution in [-0.2, 0) is 4.74 Å². The Kier molecular flexibility index (Phi) is 6.07. The van der Waals surface area contributed by atoms with Gasteiger partial charge in [-0.15, -0.1) is 0 Å². The molecule has 0 aromatic heterocycles. The molecule has 0 aliphatic carbocycles. The molecule has 112 valence electrons. The average Bonchev–Trinajstić information content (AvgIpc) is 2.20. The van der Waals surface area contributed by atoms with Crippen LogP contribution in [0.4, 0.5) is 0 Å². The standard InChI is InChI=1S/C14H30N4O/c1-11-9-18(10-12(2)19-11)8-6-7-16-13(15)17-14(3,4)5/h11-12H,6-10H2,1-5H3,(H3,15,16,17). The number of aliphatic imine (C=N–C) groups is 1. The van der Waals surface area contributed by atoms with E-state index < -0.39 is 0 Å². The van der Waals surface area contributed by atoms with Gasteiger partial charge < -0.3 is 15.8 Å². The van der Waals surface area contributed by atoms with Crippen molar-refractivity contribution in [3.8, 4) is 0 Å². The maximum Gasteiger partial charge on any atom is 0.188 e. The Bertz CT molecular complexity index is 288. The number of morpholine rings is 1. The molecule has 1 saturated heterocycles. The number of guanidine groups is 1. The van der Waals surface area contributed by atoms with Crippen LogP contribution in [0, 0.1) is 0 Å². The number of nitrogens with zero attached hydrogens (tertiary/aromatic N) is 2. The number of hydrogen-bond acceptors (Lipinski definition) is 3. The maximum atomic E-state index is 5.83. The van der Waals surface area contributed by atoms with Crippen LogP contribution in [0.2, 0.25) is 0 Å². The van der Waals surface area contributed by atoms with Gasteiger partial charge in [0.1, 0.15) is 0 Å². The largest absolute Gasteiger partial charge is 0.373 e. The second-order valence-electron chi connectivity index (χ2n) is 6.51. The van der Waals surface area contributed by atoms with Crippen molar-refractivity contribution in [3.63, 3.8) is 0 Å². The first-order valence-electron chi connectivity index (χ1n) is 7.22. The highest BCUT2D eigenvalue weighted by molar-refractivity contribution is 5.78. The molecule has 5 heteroatoms. The van der Waals surface area contributed by atoms with Gasteiger partial charge in [0, 0.05) is 31.7 Å². The molecule has 1 aliphatic rings. The SMILES string of the molecule is CC1CN(CCCN=C(N)NC(C)(C)C)CC(C)O1. The average molecular weight is 270 g/mol. The molecule has 5 nitrogen and oxygen atoms in total. The molecule has 0 aromatic carbocycles. The van der Waals surface area contributed by atoms with Crippen molar-refractivity contribution >= 4 is 5.96 Å². The predicted molar refractivity (Wildman–Crippen MR) is 80.4 cm³/mol. The molecule has 19 heavy (non-hydrogen) atoms. The molecule has 1 rings (SSSR count). The van der Waals surface area contributed by atoms with Gasteiger partial charge >= 0.3 is 0 Å². The zero-order chi connectivity index (χ0) is 14.5. The van der Waals surface area contributed by atoms with E-state index in [1.165, 1.54) is 0 Å². The van der Waals surface area contributed by atoms with Crippen LogP contribution in [0.3, 0.4) is 0 Å². The molecule has 0 amide bonds. The Morgan fingerprint density at radius 3 is 2.42 bits per heavy atom.